The van der Waals surface area contributed by atoms with Gasteiger partial charge in [-0.1, -0.05) is 66.2 Å². The van der Waals surface area contributed by atoms with Crippen LogP contribution >= 0.6 is 23.4 Å². The average Bonchev–Trinajstić information content (AvgIpc) is 3.26. The molecule has 214 valence electrons. The van der Waals surface area contributed by atoms with Gasteiger partial charge in [0.05, 0.1) is 27.9 Å². The van der Waals surface area contributed by atoms with E-state index in [4.69, 9.17) is 26.1 Å². The lowest BCUT2D eigenvalue weighted by Crippen LogP contribution is -2.29. The highest BCUT2D eigenvalue weighted by molar-refractivity contribution is 8.19. The summed E-state index contributed by atoms with van der Waals surface area (Å²) in [6, 6.07) is 25.6. The van der Waals surface area contributed by atoms with Crippen LogP contribution in [0.15, 0.2) is 88.8 Å². The van der Waals surface area contributed by atoms with Crippen molar-refractivity contribution in [2.24, 2.45) is 4.99 Å². The van der Waals surface area contributed by atoms with Gasteiger partial charge < -0.3 is 9.47 Å². The van der Waals surface area contributed by atoms with E-state index in [1.54, 1.807) is 11.0 Å². The first kappa shape index (κ1) is 29.5. The summed E-state index contributed by atoms with van der Waals surface area (Å²) < 4.78 is 12.0. The van der Waals surface area contributed by atoms with Crippen LogP contribution in [0, 0.1) is 27.7 Å². The van der Waals surface area contributed by atoms with E-state index in [-0.39, 0.29) is 5.91 Å². The molecule has 0 radical (unpaired) electrons. The monoisotopic (exact) mass is 596 g/mol. The highest BCUT2D eigenvalue weighted by atomic mass is 35.5. The molecular formula is C35H33ClN2O3S. The number of halogens is 1. The van der Waals surface area contributed by atoms with Crippen LogP contribution in [0.2, 0.25) is 5.02 Å². The van der Waals surface area contributed by atoms with Crippen LogP contribution in [0.25, 0.3) is 6.08 Å². The fourth-order valence-corrected chi connectivity index (χ4v) is 5.91. The van der Waals surface area contributed by atoms with Crippen molar-refractivity contribution in [1.82, 2.24) is 0 Å². The zero-order valence-electron chi connectivity index (χ0n) is 24.4. The van der Waals surface area contributed by atoms with Gasteiger partial charge in [-0.25, -0.2) is 4.99 Å². The number of anilines is 1. The Morgan fingerprint density at radius 3 is 2.33 bits per heavy atom. The molecule has 0 unspecified atom stereocenters. The van der Waals surface area contributed by atoms with Gasteiger partial charge in [-0.2, -0.15) is 0 Å². The standard InChI is InChI=1S/C35H33ClN2O3S/c1-6-40-31-19-27(18-28(36)33(31)41-21-26-14-8-7-9-15-26)20-32-34(39)38(30-17-11-13-23(3)25(30)5)35(42-32)37-29-16-10-12-22(2)24(29)4/h7-20H,6,21H2,1-5H3/b32-20+,37-35?. The van der Waals surface area contributed by atoms with Crippen LogP contribution < -0.4 is 14.4 Å². The van der Waals surface area contributed by atoms with Crippen LogP contribution in [-0.4, -0.2) is 17.7 Å². The van der Waals surface area contributed by atoms with E-state index in [1.165, 1.54) is 11.8 Å². The predicted molar refractivity (Wildman–Crippen MR) is 175 cm³/mol. The SMILES string of the molecule is CCOc1cc(/C=C2/SC(=Nc3cccc(C)c3C)N(c3cccc(C)c3C)C2=O)cc(Cl)c1OCc1ccccc1. The lowest BCUT2D eigenvalue weighted by molar-refractivity contribution is -0.113. The maximum atomic E-state index is 14.0. The second kappa shape index (κ2) is 12.9. The topological polar surface area (TPSA) is 51.1 Å². The first-order valence-electron chi connectivity index (χ1n) is 13.8. The molecule has 0 aliphatic carbocycles. The van der Waals surface area contributed by atoms with Crippen molar-refractivity contribution in [2.45, 2.75) is 41.2 Å². The molecule has 1 heterocycles. The number of benzene rings is 4. The van der Waals surface area contributed by atoms with Crippen molar-refractivity contribution in [1.29, 1.82) is 0 Å². The average molecular weight is 597 g/mol. The summed E-state index contributed by atoms with van der Waals surface area (Å²) in [7, 11) is 0. The van der Waals surface area contributed by atoms with E-state index in [9.17, 15) is 4.79 Å². The van der Waals surface area contributed by atoms with Gasteiger partial charge in [0.25, 0.3) is 5.91 Å². The Kier molecular flexibility index (Phi) is 9.05. The lowest BCUT2D eigenvalue weighted by Gasteiger charge is -2.19. The van der Waals surface area contributed by atoms with Crippen LogP contribution in [0.5, 0.6) is 11.5 Å². The number of hydrogen-bond donors (Lipinski definition) is 0. The number of aliphatic imine (C=N–C) groups is 1. The summed E-state index contributed by atoms with van der Waals surface area (Å²) in [4.78, 5) is 21.3. The molecular weight excluding hydrogens is 564 g/mol. The van der Waals surface area contributed by atoms with E-state index >= 15 is 0 Å². The minimum absolute atomic E-state index is 0.142. The molecule has 1 saturated heterocycles. The first-order chi connectivity index (χ1) is 20.3. The van der Waals surface area contributed by atoms with Gasteiger partial charge in [-0.3, -0.25) is 9.69 Å². The second-order valence-corrected chi connectivity index (χ2v) is 11.5. The van der Waals surface area contributed by atoms with Gasteiger partial charge in [-0.15, -0.1) is 0 Å². The third-order valence-corrected chi connectivity index (χ3v) is 8.52. The van der Waals surface area contributed by atoms with Crippen molar-refractivity contribution in [3.05, 3.63) is 122 Å². The van der Waals surface area contributed by atoms with E-state index < -0.39 is 0 Å². The smallest absolute Gasteiger partial charge is 0.271 e. The Labute approximate surface area is 256 Å². The number of carbonyl (C=O) groups is 1. The van der Waals surface area contributed by atoms with Crippen molar-refractivity contribution >= 4 is 51.9 Å². The van der Waals surface area contributed by atoms with E-state index in [0.717, 1.165) is 44.8 Å². The number of amides is 1. The minimum atomic E-state index is -0.142. The van der Waals surface area contributed by atoms with Gasteiger partial charge in [0.2, 0.25) is 0 Å². The molecule has 0 spiro atoms. The molecule has 5 rings (SSSR count). The number of aryl methyl sites for hydroxylation is 2. The van der Waals surface area contributed by atoms with Crippen LogP contribution in [-0.2, 0) is 11.4 Å². The summed E-state index contributed by atoms with van der Waals surface area (Å²) >= 11 is 8.08. The molecule has 4 aromatic carbocycles. The Bertz CT molecular complexity index is 1700. The lowest BCUT2D eigenvalue weighted by atomic mass is 10.1. The molecule has 1 aliphatic rings. The quantitative estimate of drug-likeness (QED) is 0.190. The molecule has 0 bridgehead atoms. The Morgan fingerprint density at radius 1 is 0.881 bits per heavy atom. The van der Waals surface area contributed by atoms with Crippen LogP contribution in [0.3, 0.4) is 0 Å². The van der Waals surface area contributed by atoms with Crippen molar-refractivity contribution in [3.63, 3.8) is 0 Å². The normalized spacial score (nSPS) is 15.1. The Morgan fingerprint density at radius 2 is 1.60 bits per heavy atom. The summed E-state index contributed by atoms with van der Waals surface area (Å²) in [5, 5.41) is 1.02. The third-order valence-electron chi connectivity index (χ3n) is 7.27. The fourth-order valence-electron chi connectivity index (χ4n) is 4.65. The molecule has 1 fully saturated rings. The van der Waals surface area contributed by atoms with E-state index in [0.29, 0.717) is 39.8 Å². The number of amidine groups is 1. The van der Waals surface area contributed by atoms with Gasteiger partial charge in [0, 0.05) is 0 Å². The molecule has 0 saturated carbocycles. The predicted octanol–water partition coefficient (Wildman–Crippen LogP) is 9.36. The summed E-state index contributed by atoms with van der Waals surface area (Å²) in [5.74, 6) is 0.860. The second-order valence-electron chi connectivity index (χ2n) is 10.1. The van der Waals surface area contributed by atoms with Gasteiger partial charge in [-0.05, 0) is 110 Å². The number of ether oxygens (including phenoxy) is 2. The highest BCUT2D eigenvalue weighted by Crippen LogP contribution is 2.42. The number of hydrogen-bond acceptors (Lipinski definition) is 5. The molecule has 0 atom stereocenters. The van der Waals surface area contributed by atoms with Crippen molar-refractivity contribution < 1.29 is 14.3 Å². The van der Waals surface area contributed by atoms with Crippen LogP contribution in [0.4, 0.5) is 11.4 Å². The molecule has 1 aliphatic heterocycles. The maximum Gasteiger partial charge on any atom is 0.271 e. The Balaban J connectivity index is 1.54. The molecule has 5 nitrogen and oxygen atoms in total. The molecule has 0 N–H and O–H groups in total. The Hall–Kier alpha value is -4.00. The number of carbonyl (C=O) groups excluding carboxylic acids is 1. The van der Waals surface area contributed by atoms with E-state index in [2.05, 4.69) is 13.0 Å². The zero-order valence-corrected chi connectivity index (χ0v) is 26.0. The fraction of sp³-hybridized carbons (Fsp3) is 0.200. The summed E-state index contributed by atoms with van der Waals surface area (Å²) in [5.41, 5.74) is 7.78. The van der Waals surface area contributed by atoms with Crippen molar-refractivity contribution in [2.75, 3.05) is 11.5 Å². The molecule has 7 heteroatoms. The summed E-state index contributed by atoms with van der Waals surface area (Å²) in [6.45, 7) is 10.9. The largest absolute Gasteiger partial charge is 0.490 e. The number of thioether (sulfide) groups is 1. The van der Waals surface area contributed by atoms with Gasteiger partial charge in [0.15, 0.2) is 16.7 Å². The third kappa shape index (κ3) is 6.25. The van der Waals surface area contributed by atoms with Crippen LogP contribution in [0.1, 0.15) is 40.3 Å². The molecule has 1 amide bonds. The highest BCUT2D eigenvalue weighted by Gasteiger charge is 2.36. The van der Waals surface area contributed by atoms with Gasteiger partial charge in [0.1, 0.15) is 6.61 Å². The zero-order chi connectivity index (χ0) is 29.8. The molecule has 42 heavy (non-hydrogen) atoms. The van der Waals surface area contributed by atoms with Gasteiger partial charge >= 0.3 is 0 Å². The molecule has 4 aromatic rings. The number of rotatable bonds is 8. The number of nitrogens with zero attached hydrogens (tertiary/aromatic N) is 2. The van der Waals surface area contributed by atoms with Crippen molar-refractivity contribution in [3.8, 4) is 11.5 Å². The van der Waals surface area contributed by atoms with E-state index in [1.807, 2.05) is 101 Å². The summed E-state index contributed by atoms with van der Waals surface area (Å²) in [6.07, 6.45) is 1.84. The molecule has 0 aromatic heterocycles. The first-order valence-corrected chi connectivity index (χ1v) is 15.0. The maximum absolute atomic E-state index is 14.0. The minimum Gasteiger partial charge on any atom is -0.490 e.